The van der Waals surface area contributed by atoms with E-state index in [4.69, 9.17) is 11.6 Å². The Kier molecular flexibility index (Phi) is 6.00. The number of alkyl halides is 3. The summed E-state index contributed by atoms with van der Waals surface area (Å²) in [5.41, 5.74) is -4.18. The highest BCUT2D eigenvalue weighted by molar-refractivity contribution is 7.92. The molecule has 1 N–H and O–H groups in total. The molecule has 7 nitrogen and oxygen atoms in total. The second-order valence-electron chi connectivity index (χ2n) is 7.21. The molecule has 2 aromatic heterocycles. The molecule has 0 spiro atoms. The van der Waals surface area contributed by atoms with Crippen molar-refractivity contribution in [3.63, 3.8) is 0 Å². The predicted molar refractivity (Wildman–Crippen MR) is 119 cm³/mol. The number of hydrogen-bond donors (Lipinski definition) is 1. The fourth-order valence-corrected chi connectivity index (χ4v) is 4.32. The molecule has 0 saturated heterocycles. The first-order valence-corrected chi connectivity index (χ1v) is 11.5. The Balaban J connectivity index is 1.65. The van der Waals surface area contributed by atoms with Gasteiger partial charge >= 0.3 is 11.2 Å². The van der Waals surface area contributed by atoms with Gasteiger partial charge in [-0.05, 0) is 48.0 Å². The lowest BCUT2D eigenvalue weighted by molar-refractivity contribution is -0.0436. The van der Waals surface area contributed by atoms with Gasteiger partial charge in [0.05, 0.1) is 29.0 Å². The number of hydrogen-bond acceptors (Lipinski definition) is 5. The van der Waals surface area contributed by atoms with Gasteiger partial charge in [-0.1, -0.05) is 29.8 Å². The lowest BCUT2D eigenvalue weighted by Gasteiger charge is -2.09. The zero-order chi connectivity index (χ0) is 24.7. The van der Waals surface area contributed by atoms with Crippen LogP contribution in [-0.2, 0) is 16.4 Å². The third-order valence-corrected chi connectivity index (χ3v) is 6.81. The van der Waals surface area contributed by atoms with Gasteiger partial charge in [-0.2, -0.15) is 13.2 Å². The zero-order valence-corrected chi connectivity index (χ0v) is 18.6. The minimum atomic E-state index is -5.53. The van der Waals surface area contributed by atoms with E-state index in [-0.39, 0.29) is 12.2 Å². The van der Waals surface area contributed by atoms with Crippen LogP contribution in [-0.4, -0.2) is 33.2 Å². The number of imidazole rings is 1. The van der Waals surface area contributed by atoms with Gasteiger partial charge in [-0.15, -0.1) is 0 Å². The molecule has 0 fully saturated rings. The Bertz CT molecular complexity index is 1530. The molecule has 4 aromatic rings. The standard InChI is InChI=1S/C22H15ClF3N3O4S/c23-18-4-2-1-3-17(18)19-11-14(9-10-27-19)12-28-13-20(30)29(21(28)31)15-5-7-16(8-6-15)34(32,33)22(24,25)26/h1-11,13,30H,12H2. The molecule has 0 aliphatic carbocycles. The van der Waals surface area contributed by atoms with Crippen LogP contribution < -0.4 is 5.69 Å². The fraction of sp³-hybridized carbons (Fsp3) is 0.0909. The Hall–Kier alpha value is -3.57. The average Bonchev–Trinajstić information content (AvgIpc) is 3.06. The van der Waals surface area contributed by atoms with Gasteiger partial charge < -0.3 is 5.11 Å². The molecule has 0 radical (unpaired) electrons. The number of aromatic nitrogens is 3. The van der Waals surface area contributed by atoms with Crippen molar-refractivity contribution in [1.29, 1.82) is 0 Å². The number of pyridine rings is 1. The number of benzene rings is 2. The van der Waals surface area contributed by atoms with Crippen LogP contribution in [0, 0.1) is 0 Å². The molecule has 0 saturated carbocycles. The van der Waals surface area contributed by atoms with E-state index in [9.17, 15) is 31.5 Å². The molecular weight excluding hydrogens is 495 g/mol. The van der Waals surface area contributed by atoms with Gasteiger partial charge in [0.2, 0.25) is 5.88 Å². The SMILES string of the molecule is O=c1n(Cc2ccnc(-c3ccccc3Cl)c2)cc(O)n1-c1ccc(S(=O)(=O)C(F)(F)F)cc1. The van der Waals surface area contributed by atoms with Gasteiger partial charge in [-0.25, -0.2) is 17.8 Å². The minimum Gasteiger partial charge on any atom is -0.493 e. The van der Waals surface area contributed by atoms with Crippen molar-refractivity contribution in [3.05, 3.63) is 94.1 Å². The first-order valence-electron chi connectivity index (χ1n) is 9.62. The number of sulfone groups is 1. The first kappa shape index (κ1) is 23.6. The highest BCUT2D eigenvalue weighted by Gasteiger charge is 2.46. The fourth-order valence-electron chi connectivity index (χ4n) is 3.33. The maximum atomic E-state index is 12.9. The monoisotopic (exact) mass is 509 g/mol. The quantitative estimate of drug-likeness (QED) is 0.430. The average molecular weight is 510 g/mol. The molecule has 4 rings (SSSR count). The smallest absolute Gasteiger partial charge is 0.493 e. The number of halogens is 4. The number of nitrogens with zero attached hydrogens (tertiary/aromatic N) is 3. The summed E-state index contributed by atoms with van der Waals surface area (Å²) in [5.74, 6) is -0.475. The van der Waals surface area contributed by atoms with E-state index in [2.05, 4.69) is 4.98 Å². The van der Waals surface area contributed by atoms with Crippen molar-refractivity contribution >= 4 is 21.4 Å². The lowest BCUT2D eigenvalue weighted by atomic mass is 10.1. The zero-order valence-electron chi connectivity index (χ0n) is 17.1. The normalized spacial score (nSPS) is 12.1. The molecule has 0 amide bonds. The van der Waals surface area contributed by atoms with Crippen molar-refractivity contribution in [3.8, 4) is 22.8 Å². The van der Waals surface area contributed by atoms with Gasteiger partial charge in [0.25, 0.3) is 9.84 Å². The third-order valence-electron chi connectivity index (χ3n) is 4.97. The largest absolute Gasteiger partial charge is 0.501 e. The van der Waals surface area contributed by atoms with Crippen LogP contribution in [0.1, 0.15) is 5.56 Å². The molecule has 0 aliphatic heterocycles. The van der Waals surface area contributed by atoms with Gasteiger partial charge in [0, 0.05) is 16.8 Å². The summed E-state index contributed by atoms with van der Waals surface area (Å²) in [4.78, 5) is 16.2. The van der Waals surface area contributed by atoms with Gasteiger partial charge in [0.1, 0.15) is 0 Å². The molecule has 0 bridgehead atoms. The van der Waals surface area contributed by atoms with Gasteiger partial charge in [0.15, 0.2) is 0 Å². The van der Waals surface area contributed by atoms with Crippen molar-refractivity contribution in [2.75, 3.05) is 0 Å². The summed E-state index contributed by atoms with van der Waals surface area (Å²) in [6, 6.07) is 14.0. The Labute approximate surface area is 196 Å². The second kappa shape index (κ2) is 8.65. The summed E-state index contributed by atoms with van der Waals surface area (Å²) in [6.07, 6.45) is 2.72. The van der Waals surface area contributed by atoms with Crippen molar-refractivity contribution in [1.82, 2.24) is 14.1 Å². The lowest BCUT2D eigenvalue weighted by Crippen LogP contribution is -2.24. The molecule has 0 unspecified atom stereocenters. The first-order chi connectivity index (χ1) is 16.0. The highest BCUT2D eigenvalue weighted by atomic mass is 35.5. The molecule has 176 valence electrons. The molecule has 0 atom stereocenters. The van der Waals surface area contributed by atoms with E-state index in [0.29, 0.717) is 21.8 Å². The molecule has 34 heavy (non-hydrogen) atoms. The van der Waals surface area contributed by atoms with Crippen molar-refractivity contribution in [2.24, 2.45) is 0 Å². The van der Waals surface area contributed by atoms with Crippen LogP contribution in [0.5, 0.6) is 5.88 Å². The third kappa shape index (κ3) is 4.31. The Morgan fingerprint density at radius 2 is 1.71 bits per heavy atom. The Morgan fingerprint density at radius 1 is 1.03 bits per heavy atom. The minimum absolute atomic E-state index is 0.00569. The number of aromatic hydroxyl groups is 1. The molecular formula is C22H15ClF3N3O4S. The van der Waals surface area contributed by atoms with Gasteiger partial charge in [-0.3, -0.25) is 9.55 Å². The Morgan fingerprint density at radius 3 is 2.35 bits per heavy atom. The summed E-state index contributed by atoms with van der Waals surface area (Å²) >= 11 is 6.22. The summed E-state index contributed by atoms with van der Waals surface area (Å²) in [5, 5.41) is 10.8. The van der Waals surface area contributed by atoms with E-state index in [0.717, 1.165) is 35.0 Å². The summed E-state index contributed by atoms with van der Waals surface area (Å²) < 4.78 is 63.3. The van der Waals surface area contributed by atoms with E-state index in [1.807, 2.05) is 6.07 Å². The highest BCUT2D eigenvalue weighted by Crippen LogP contribution is 2.31. The van der Waals surface area contributed by atoms with E-state index in [1.165, 1.54) is 4.57 Å². The van der Waals surface area contributed by atoms with Crippen LogP contribution in [0.3, 0.4) is 0 Å². The topological polar surface area (TPSA) is 94.2 Å². The summed E-state index contributed by atoms with van der Waals surface area (Å²) in [6.45, 7) is 0.0555. The van der Waals surface area contributed by atoms with E-state index >= 15 is 0 Å². The molecule has 12 heteroatoms. The van der Waals surface area contributed by atoms with Crippen LogP contribution in [0.15, 0.2) is 82.7 Å². The van der Waals surface area contributed by atoms with E-state index in [1.54, 1.807) is 36.5 Å². The van der Waals surface area contributed by atoms with E-state index < -0.39 is 31.8 Å². The summed E-state index contributed by atoms with van der Waals surface area (Å²) in [7, 11) is -5.53. The van der Waals surface area contributed by atoms with Crippen LogP contribution >= 0.6 is 11.6 Å². The molecule has 2 aromatic carbocycles. The molecule has 2 heterocycles. The van der Waals surface area contributed by atoms with Crippen molar-refractivity contribution < 1.29 is 26.7 Å². The predicted octanol–water partition coefficient (Wildman–Crippen LogP) is 4.40. The maximum Gasteiger partial charge on any atom is 0.501 e. The van der Waals surface area contributed by atoms with Crippen LogP contribution in [0.2, 0.25) is 5.02 Å². The second-order valence-corrected chi connectivity index (χ2v) is 9.55. The van der Waals surface area contributed by atoms with Crippen molar-refractivity contribution in [2.45, 2.75) is 16.9 Å². The van der Waals surface area contributed by atoms with Crippen LogP contribution in [0.4, 0.5) is 13.2 Å². The maximum absolute atomic E-state index is 12.9. The van der Waals surface area contributed by atoms with Crippen LogP contribution in [0.25, 0.3) is 16.9 Å². The number of rotatable bonds is 5. The molecule has 0 aliphatic rings.